The van der Waals surface area contributed by atoms with E-state index < -0.39 is 0 Å². The molecular weight excluding hydrogens is 340 g/mol. The Hall–Kier alpha value is -3.48. The molecule has 3 heterocycles. The summed E-state index contributed by atoms with van der Waals surface area (Å²) in [6, 6.07) is 11.4. The fourth-order valence-electron chi connectivity index (χ4n) is 3.02. The van der Waals surface area contributed by atoms with Gasteiger partial charge in [0.05, 0.1) is 35.2 Å². The van der Waals surface area contributed by atoms with Crippen LogP contribution in [0.3, 0.4) is 0 Å². The number of rotatable bonds is 5. The molecule has 0 saturated heterocycles. The van der Waals surface area contributed by atoms with E-state index in [1.807, 2.05) is 61.2 Å². The van der Waals surface area contributed by atoms with Gasteiger partial charge in [-0.25, -0.2) is 4.98 Å². The van der Waals surface area contributed by atoms with E-state index >= 15 is 0 Å². The third-order valence-corrected chi connectivity index (χ3v) is 4.57. The zero-order valence-corrected chi connectivity index (χ0v) is 15.3. The van der Waals surface area contributed by atoms with Crippen LogP contribution in [0.5, 0.6) is 0 Å². The van der Waals surface area contributed by atoms with Crippen LogP contribution in [0.15, 0.2) is 55.0 Å². The maximum absolute atomic E-state index is 12.9. The van der Waals surface area contributed by atoms with Crippen LogP contribution in [0.2, 0.25) is 0 Å². The monoisotopic (exact) mass is 360 g/mol. The van der Waals surface area contributed by atoms with Crippen molar-refractivity contribution >= 4 is 16.8 Å². The summed E-state index contributed by atoms with van der Waals surface area (Å²) in [7, 11) is 1.85. The maximum Gasteiger partial charge on any atom is 0.252 e. The Morgan fingerprint density at radius 3 is 2.78 bits per heavy atom. The first-order chi connectivity index (χ1) is 13.2. The van der Waals surface area contributed by atoms with E-state index in [1.165, 1.54) is 0 Å². The molecule has 0 radical (unpaired) electrons. The summed E-state index contributed by atoms with van der Waals surface area (Å²) in [6.45, 7) is 3.22. The van der Waals surface area contributed by atoms with Crippen molar-refractivity contribution in [2.75, 3.05) is 0 Å². The average molecular weight is 360 g/mol. The number of nitrogens with zero attached hydrogens (tertiary/aromatic N) is 5. The molecule has 4 rings (SSSR count). The number of benzene rings is 1. The van der Waals surface area contributed by atoms with E-state index in [2.05, 4.69) is 15.5 Å². The Bertz CT molecular complexity index is 1110. The Morgan fingerprint density at radius 2 is 2.04 bits per heavy atom. The van der Waals surface area contributed by atoms with E-state index in [-0.39, 0.29) is 5.91 Å². The summed E-state index contributed by atoms with van der Waals surface area (Å²) in [5.74, 6) is -0.140. The summed E-state index contributed by atoms with van der Waals surface area (Å²) in [6.07, 6.45) is 5.43. The van der Waals surface area contributed by atoms with Crippen molar-refractivity contribution in [3.8, 4) is 11.3 Å². The lowest BCUT2D eigenvalue weighted by Gasteiger charge is -2.10. The number of fused-ring (bicyclic) bond motifs is 1. The van der Waals surface area contributed by atoms with Gasteiger partial charge in [-0.1, -0.05) is 18.2 Å². The second kappa shape index (κ2) is 7.03. The van der Waals surface area contributed by atoms with Gasteiger partial charge in [0.15, 0.2) is 0 Å². The summed E-state index contributed by atoms with van der Waals surface area (Å²) >= 11 is 0. The smallest absolute Gasteiger partial charge is 0.252 e. The number of hydrogen-bond donors (Lipinski definition) is 1. The van der Waals surface area contributed by atoms with Gasteiger partial charge in [0.2, 0.25) is 0 Å². The van der Waals surface area contributed by atoms with Gasteiger partial charge in [0, 0.05) is 36.9 Å². The molecule has 7 heteroatoms. The number of carbonyl (C=O) groups is 1. The maximum atomic E-state index is 12.9. The molecule has 0 bridgehead atoms. The highest BCUT2D eigenvalue weighted by molar-refractivity contribution is 6.07. The van der Waals surface area contributed by atoms with Crippen LogP contribution in [0.1, 0.15) is 23.0 Å². The molecule has 0 aliphatic carbocycles. The first kappa shape index (κ1) is 17.0. The van der Waals surface area contributed by atoms with Crippen molar-refractivity contribution in [2.24, 2.45) is 7.05 Å². The van der Waals surface area contributed by atoms with Crippen LogP contribution >= 0.6 is 0 Å². The Morgan fingerprint density at radius 1 is 1.19 bits per heavy atom. The Labute approximate surface area is 156 Å². The summed E-state index contributed by atoms with van der Waals surface area (Å²) < 4.78 is 3.59. The molecule has 0 spiro atoms. The van der Waals surface area contributed by atoms with Gasteiger partial charge in [-0.2, -0.15) is 10.2 Å². The van der Waals surface area contributed by atoms with Crippen molar-refractivity contribution in [3.63, 3.8) is 0 Å². The molecule has 3 aromatic heterocycles. The van der Waals surface area contributed by atoms with Gasteiger partial charge >= 0.3 is 0 Å². The molecule has 7 nitrogen and oxygen atoms in total. The number of pyridine rings is 1. The lowest BCUT2D eigenvalue weighted by atomic mass is 10.0. The molecule has 0 aliphatic rings. The van der Waals surface area contributed by atoms with E-state index in [1.54, 1.807) is 17.1 Å². The molecule has 0 saturated carbocycles. The number of aryl methyl sites for hydroxylation is 2. The zero-order valence-electron chi connectivity index (χ0n) is 15.3. The van der Waals surface area contributed by atoms with Crippen LogP contribution in [0.4, 0.5) is 0 Å². The van der Waals surface area contributed by atoms with Crippen molar-refractivity contribution < 1.29 is 4.79 Å². The summed E-state index contributed by atoms with van der Waals surface area (Å²) in [4.78, 5) is 17.6. The largest absolute Gasteiger partial charge is 0.346 e. The molecule has 0 aliphatic heterocycles. The van der Waals surface area contributed by atoms with E-state index in [0.29, 0.717) is 12.1 Å². The van der Waals surface area contributed by atoms with E-state index in [4.69, 9.17) is 4.98 Å². The lowest BCUT2D eigenvalue weighted by Crippen LogP contribution is -2.24. The van der Waals surface area contributed by atoms with Gasteiger partial charge in [-0.05, 0) is 25.1 Å². The van der Waals surface area contributed by atoms with Gasteiger partial charge < -0.3 is 5.32 Å². The van der Waals surface area contributed by atoms with Gasteiger partial charge in [-0.3, -0.25) is 14.2 Å². The van der Waals surface area contributed by atoms with Crippen molar-refractivity contribution in [2.45, 2.75) is 20.0 Å². The van der Waals surface area contributed by atoms with Crippen LogP contribution in [0.25, 0.3) is 22.2 Å². The average Bonchev–Trinajstić information content (AvgIpc) is 3.34. The molecule has 1 N–H and O–H groups in total. The Kier molecular flexibility index (Phi) is 4.42. The number of para-hydroxylation sites is 1. The minimum absolute atomic E-state index is 0.140. The topological polar surface area (TPSA) is 77.6 Å². The van der Waals surface area contributed by atoms with Gasteiger partial charge in [0.25, 0.3) is 5.91 Å². The third kappa shape index (κ3) is 3.31. The highest BCUT2D eigenvalue weighted by Gasteiger charge is 2.15. The fraction of sp³-hybridized carbons (Fsp3) is 0.200. The summed E-state index contributed by atoms with van der Waals surface area (Å²) in [5.41, 5.74) is 3.94. The SMILES string of the molecule is CCn1cc(-c2cc(C(=O)NCc3ccnn3C)c3ccccc3n2)cn1. The molecule has 0 unspecified atom stereocenters. The number of amides is 1. The van der Waals surface area contributed by atoms with E-state index in [0.717, 1.165) is 34.4 Å². The zero-order chi connectivity index (χ0) is 18.8. The van der Waals surface area contributed by atoms with Crippen LogP contribution in [-0.4, -0.2) is 30.5 Å². The van der Waals surface area contributed by atoms with Crippen LogP contribution in [0, 0.1) is 0 Å². The second-order valence-corrected chi connectivity index (χ2v) is 6.29. The molecule has 136 valence electrons. The summed E-state index contributed by atoms with van der Waals surface area (Å²) in [5, 5.41) is 12.2. The minimum Gasteiger partial charge on any atom is -0.346 e. The second-order valence-electron chi connectivity index (χ2n) is 6.29. The van der Waals surface area contributed by atoms with Crippen molar-refractivity contribution in [1.82, 2.24) is 29.9 Å². The fourth-order valence-corrected chi connectivity index (χ4v) is 3.02. The standard InChI is InChI=1S/C20H20N6O/c1-3-26-13-14(11-23-26)19-10-17(16-6-4-5-7-18(16)24-19)20(27)21-12-15-8-9-22-25(15)2/h4-11,13H,3,12H2,1-2H3,(H,21,27). The van der Waals surface area contributed by atoms with Crippen LogP contribution in [-0.2, 0) is 20.1 Å². The van der Waals surface area contributed by atoms with Gasteiger partial charge in [0.1, 0.15) is 0 Å². The lowest BCUT2D eigenvalue weighted by molar-refractivity contribution is 0.0951. The third-order valence-electron chi connectivity index (χ3n) is 4.57. The van der Waals surface area contributed by atoms with Crippen molar-refractivity contribution in [3.05, 3.63) is 66.2 Å². The first-order valence-corrected chi connectivity index (χ1v) is 8.83. The van der Waals surface area contributed by atoms with E-state index in [9.17, 15) is 4.79 Å². The normalized spacial score (nSPS) is 11.0. The minimum atomic E-state index is -0.140. The number of carbonyl (C=O) groups excluding carboxylic acids is 1. The molecule has 0 atom stereocenters. The predicted octanol–water partition coefficient (Wildman–Crippen LogP) is 2.78. The van der Waals surface area contributed by atoms with Crippen LogP contribution < -0.4 is 5.32 Å². The number of nitrogens with one attached hydrogen (secondary N) is 1. The van der Waals surface area contributed by atoms with Gasteiger partial charge in [-0.15, -0.1) is 0 Å². The predicted molar refractivity (Wildman–Crippen MR) is 103 cm³/mol. The molecule has 1 amide bonds. The van der Waals surface area contributed by atoms with Crippen molar-refractivity contribution in [1.29, 1.82) is 0 Å². The number of hydrogen-bond acceptors (Lipinski definition) is 4. The molecule has 1 aromatic carbocycles. The molecule has 27 heavy (non-hydrogen) atoms. The molecule has 4 aromatic rings. The molecule has 0 fully saturated rings. The quantitative estimate of drug-likeness (QED) is 0.594. The Balaban J connectivity index is 1.71. The highest BCUT2D eigenvalue weighted by atomic mass is 16.1. The first-order valence-electron chi connectivity index (χ1n) is 8.83. The highest BCUT2D eigenvalue weighted by Crippen LogP contribution is 2.24. The molecular formula is C20H20N6O. The number of aromatic nitrogens is 5.